The van der Waals surface area contributed by atoms with E-state index < -0.39 is 0 Å². The molecule has 1 aliphatic rings. The Kier molecular flexibility index (Phi) is 7.02. The highest BCUT2D eigenvalue weighted by molar-refractivity contribution is 7.17. The van der Waals surface area contributed by atoms with Gasteiger partial charge in [0.2, 0.25) is 5.95 Å². The molecule has 1 atom stereocenters. The first-order valence-corrected chi connectivity index (χ1v) is 13.0. The topological polar surface area (TPSA) is 112 Å². The molecule has 0 radical (unpaired) electrons. The quantitative estimate of drug-likeness (QED) is 0.237. The van der Waals surface area contributed by atoms with Gasteiger partial charge in [-0.2, -0.15) is 0 Å². The Labute approximate surface area is 224 Å². The molecular weight excluding hydrogens is 504 g/mol. The van der Waals surface area contributed by atoms with E-state index in [-0.39, 0.29) is 16.7 Å². The zero-order valence-corrected chi connectivity index (χ0v) is 22.7. The van der Waals surface area contributed by atoms with Crippen molar-refractivity contribution in [2.24, 2.45) is 0 Å². The summed E-state index contributed by atoms with van der Waals surface area (Å²) < 4.78 is 6.62. The molecule has 0 saturated heterocycles. The van der Waals surface area contributed by atoms with E-state index in [9.17, 15) is 10.1 Å². The van der Waals surface area contributed by atoms with Gasteiger partial charge < -0.3 is 24.9 Å². The van der Waals surface area contributed by atoms with Crippen LogP contribution in [0.15, 0.2) is 47.8 Å². The summed E-state index contributed by atoms with van der Waals surface area (Å²) in [6, 6.07) is 13.1. The van der Waals surface area contributed by atoms with Crippen LogP contribution in [0.25, 0.3) is 10.2 Å². The summed E-state index contributed by atoms with van der Waals surface area (Å²) in [6.07, 6.45) is 0. The largest absolute Gasteiger partial charge is 0.494 e. The molecule has 0 saturated carbocycles. The van der Waals surface area contributed by atoms with Crippen LogP contribution in [0.2, 0.25) is 0 Å². The van der Waals surface area contributed by atoms with E-state index in [0.29, 0.717) is 29.6 Å². The maximum Gasteiger partial charge on any atom is 0.294 e. The molecule has 4 aromatic rings. The van der Waals surface area contributed by atoms with Crippen molar-refractivity contribution in [3.8, 4) is 5.75 Å². The summed E-state index contributed by atoms with van der Waals surface area (Å²) >= 11 is 1.58. The number of nitro groups is 1. The van der Waals surface area contributed by atoms with Gasteiger partial charge in [0.05, 0.1) is 45.4 Å². The Hall–Kier alpha value is -4.00. The van der Waals surface area contributed by atoms with Crippen molar-refractivity contribution < 1.29 is 9.66 Å². The predicted molar refractivity (Wildman–Crippen MR) is 152 cm³/mol. The zero-order chi connectivity index (χ0) is 27.0. The van der Waals surface area contributed by atoms with Crippen molar-refractivity contribution in [1.82, 2.24) is 20.3 Å². The first kappa shape index (κ1) is 25.6. The van der Waals surface area contributed by atoms with Gasteiger partial charge >= 0.3 is 0 Å². The number of nitrogens with zero attached hydrogens (tertiary/aromatic N) is 6. The van der Waals surface area contributed by atoms with E-state index >= 15 is 0 Å². The number of thiophene rings is 1. The number of hydrogen-bond donors (Lipinski definition) is 2. The summed E-state index contributed by atoms with van der Waals surface area (Å²) in [5.74, 6) is 0.794. The van der Waals surface area contributed by atoms with E-state index in [2.05, 4.69) is 22.9 Å². The second-order valence-electron chi connectivity index (χ2n) is 9.40. The summed E-state index contributed by atoms with van der Waals surface area (Å²) in [5, 5.41) is 19.2. The van der Waals surface area contributed by atoms with Gasteiger partial charge in [0, 0.05) is 44.9 Å². The molecule has 0 amide bonds. The second kappa shape index (κ2) is 10.4. The number of rotatable bonds is 9. The summed E-state index contributed by atoms with van der Waals surface area (Å²) in [7, 11) is 9.28. The Morgan fingerprint density at radius 1 is 1.18 bits per heavy atom. The van der Waals surface area contributed by atoms with Crippen LogP contribution in [0, 0.1) is 10.1 Å². The lowest BCUT2D eigenvalue weighted by Crippen LogP contribution is -2.31. The Bertz CT molecular complexity index is 1490. The van der Waals surface area contributed by atoms with Gasteiger partial charge in [-0.3, -0.25) is 10.1 Å². The molecular formula is C26H30N8O3S. The number of aromatic nitrogens is 2. The molecule has 0 bridgehead atoms. The Morgan fingerprint density at radius 3 is 2.71 bits per heavy atom. The third-order valence-corrected chi connectivity index (χ3v) is 7.49. The van der Waals surface area contributed by atoms with E-state index in [1.165, 1.54) is 6.07 Å². The van der Waals surface area contributed by atoms with Crippen LogP contribution in [0.4, 0.5) is 28.7 Å². The van der Waals surface area contributed by atoms with E-state index in [0.717, 1.165) is 33.7 Å². The fraction of sp³-hybridized carbons (Fsp3) is 0.308. The number of para-hydroxylation sites is 1. The standard InChI is InChI=1S/C26H30N8O3S/c1-31(2)11-12-32(3)20-15-22(37-5)18(14-21(20)34(35)36)28-26-27-17-10-13-38-25(17)24(29-26)23-16-8-6-7-9-19(16)33(4)30-23/h6-10,13-15,23,30H,11-12H2,1-5H3,(H,27,28,29). The molecule has 0 aliphatic carbocycles. The van der Waals surface area contributed by atoms with Gasteiger partial charge in [-0.05, 0) is 31.6 Å². The Balaban J connectivity index is 1.55. The number of nitrogens with one attached hydrogen (secondary N) is 2. The number of nitro benzene ring substituents is 1. The zero-order valence-electron chi connectivity index (χ0n) is 21.9. The first-order valence-electron chi connectivity index (χ1n) is 12.1. The number of likely N-dealkylation sites (N-methyl/N-ethyl adjacent to an activating group) is 2. The van der Waals surface area contributed by atoms with Crippen LogP contribution in [0.5, 0.6) is 5.75 Å². The van der Waals surface area contributed by atoms with Crippen LogP contribution in [-0.4, -0.2) is 68.2 Å². The highest BCUT2D eigenvalue weighted by Crippen LogP contribution is 2.41. The molecule has 2 N–H and O–H groups in total. The van der Waals surface area contributed by atoms with Gasteiger partial charge in [-0.15, -0.1) is 11.3 Å². The predicted octanol–water partition coefficient (Wildman–Crippen LogP) is 4.39. The lowest BCUT2D eigenvalue weighted by atomic mass is 10.0. The number of benzene rings is 2. The maximum absolute atomic E-state index is 12.0. The fourth-order valence-corrected chi connectivity index (χ4v) is 5.43. The van der Waals surface area contributed by atoms with E-state index in [4.69, 9.17) is 14.7 Å². The SMILES string of the molecule is COc1cc(N(C)CCN(C)C)c([N+](=O)[O-])cc1Nc1nc(C2NN(C)c3ccccc32)c2sccc2n1. The number of hydrazine groups is 1. The normalized spacial score (nSPS) is 14.7. The molecule has 1 aliphatic heterocycles. The molecule has 38 heavy (non-hydrogen) atoms. The third-order valence-electron chi connectivity index (χ3n) is 6.57. The van der Waals surface area contributed by atoms with Crippen molar-refractivity contribution in [3.05, 3.63) is 69.2 Å². The molecule has 2 aromatic carbocycles. The van der Waals surface area contributed by atoms with Crippen LogP contribution in [0.3, 0.4) is 0 Å². The lowest BCUT2D eigenvalue weighted by Gasteiger charge is -2.23. The van der Waals surface area contributed by atoms with Crippen molar-refractivity contribution in [2.75, 3.05) is 63.6 Å². The molecule has 5 rings (SSSR count). The van der Waals surface area contributed by atoms with Crippen LogP contribution >= 0.6 is 11.3 Å². The molecule has 3 heterocycles. The molecule has 0 spiro atoms. The summed E-state index contributed by atoms with van der Waals surface area (Å²) in [5.41, 5.74) is 8.19. The van der Waals surface area contributed by atoms with Gasteiger partial charge in [-0.25, -0.2) is 15.4 Å². The second-order valence-corrected chi connectivity index (χ2v) is 10.3. The van der Waals surface area contributed by atoms with Crippen molar-refractivity contribution in [2.45, 2.75) is 6.04 Å². The first-order chi connectivity index (χ1) is 18.3. The van der Waals surface area contributed by atoms with Gasteiger partial charge in [0.25, 0.3) is 5.69 Å². The fourth-order valence-electron chi connectivity index (χ4n) is 4.58. The molecule has 11 nitrogen and oxygen atoms in total. The van der Waals surface area contributed by atoms with Gasteiger partial charge in [-0.1, -0.05) is 18.2 Å². The minimum atomic E-state index is -0.379. The van der Waals surface area contributed by atoms with Gasteiger partial charge in [0.15, 0.2) is 0 Å². The molecule has 0 fully saturated rings. The minimum Gasteiger partial charge on any atom is -0.494 e. The van der Waals surface area contributed by atoms with Crippen LogP contribution in [0.1, 0.15) is 17.3 Å². The average Bonchev–Trinajstić information content (AvgIpc) is 3.51. The average molecular weight is 535 g/mol. The Morgan fingerprint density at radius 2 is 1.97 bits per heavy atom. The minimum absolute atomic E-state index is 0.0283. The van der Waals surface area contributed by atoms with Crippen molar-refractivity contribution in [1.29, 1.82) is 0 Å². The maximum atomic E-state index is 12.0. The summed E-state index contributed by atoms with van der Waals surface area (Å²) in [6.45, 7) is 1.37. The smallest absolute Gasteiger partial charge is 0.294 e. The molecule has 12 heteroatoms. The van der Waals surface area contributed by atoms with E-state index in [1.807, 2.05) is 66.6 Å². The number of anilines is 4. The van der Waals surface area contributed by atoms with Crippen LogP contribution in [-0.2, 0) is 0 Å². The highest BCUT2D eigenvalue weighted by Gasteiger charge is 2.31. The number of hydrogen-bond acceptors (Lipinski definition) is 11. The number of fused-ring (bicyclic) bond motifs is 2. The number of ether oxygens (including phenoxy) is 1. The monoisotopic (exact) mass is 534 g/mol. The number of methoxy groups -OCH3 is 1. The van der Waals surface area contributed by atoms with E-state index in [1.54, 1.807) is 24.5 Å². The molecule has 2 aromatic heterocycles. The van der Waals surface area contributed by atoms with Crippen LogP contribution < -0.4 is 25.4 Å². The molecule has 198 valence electrons. The molecule has 1 unspecified atom stereocenters. The third kappa shape index (κ3) is 4.80. The van der Waals surface area contributed by atoms with Crippen molar-refractivity contribution >= 4 is 50.3 Å². The summed E-state index contributed by atoms with van der Waals surface area (Å²) in [4.78, 5) is 25.1. The van der Waals surface area contributed by atoms with Gasteiger partial charge in [0.1, 0.15) is 11.4 Å². The highest BCUT2D eigenvalue weighted by atomic mass is 32.1. The lowest BCUT2D eigenvalue weighted by molar-refractivity contribution is -0.384. The van der Waals surface area contributed by atoms with Crippen molar-refractivity contribution in [3.63, 3.8) is 0 Å².